The molecule has 2 N–H and O–H groups in total. The van der Waals surface area contributed by atoms with E-state index in [1.807, 2.05) is 0 Å². The van der Waals surface area contributed by atoms with Gasteiger partial charge in [-0.2, -0.15) is 0 Å². The topological polar surface area (TPSA) is 35.2 Å². The second-order valence-corrected chi connectivity index (χ2v) is 4.58. The molecule has 0 radical (unpaired) electrons. The minimum absolute atomic E-state index is 0.162. The number of benzene rings is 1. The summed E-state index contributed by atoms with van der Waals surface area (Å²) in [5.74, 6) is 0. The van der Waals surface area contributed by atoms with E-state index in [9.17, 15) is 0 Å². The number of methoxy groups -OCH3 is 1. The molecular formula is C13H19NO. The smallest absolute Gasteiger partial charge is 0.0559 e. The number of nitrogens with two attached hydrogens (primary N) is 1. The molecule has 1 aliphatic carbocycles. The lowest BCUT2D eigenvalue weighted by atomic mass is 9.79. The number of hydrogen-bond acceptors (Lipinski definition) is 2. The summed E-state index contributed by atoms with van der Waals surface area (Å²) in [4.78, 5) is 0. The van der Waals surface area contributed by atoms with Crippen molar-refractivity contribution in [1.82, 2.24) is 0 Å². The van der Waals surface area contributed by atoms with Gasteiger partial charge in [-0.15, -0.1) is 0 Å². The molecule has 1 aliphatic rings. The van der Waals surface area contributed by atoms with Gasteiger partial charge in [0.25, 0.3) is 0 Å². The molecule has 0 unspecified atom stereocenters. The molecule has 82 valence electrons. The summed E-state index contributed by atoms with van der Waals surface area (Å²) < 4.78 is 5.38. The van der Waals surface area contributed by atoms with Crippen molar-refractivity contribution >= 4 is 0 Å². The summed E-state index contributed by atoms with van der Waals surface area (Å²) in [7, 11) is 1.77. The van der Waals surface area contributed by atoms with E-state index in [0.29, 0.717) is 6.04 Å². The Morgan fingerprint density at radius 1 is 1.40 bits per heavy atom. The van der Waals surface area contributed by atoms with Crippen molar-refractivity contribution < 1.29 is 4.74 Å². The maximum Gasteiger partial charge on any atom is 0.0559 e. The molecule has 1 fully saturated rings. The van der Waals surface area contributed by atoms with Crippen molar-refractivity contribution in [1.29, 1.82) is 0 Å². The summed E-state index contributed by atoms with van der Waals surface area (Å²) in [6.45, 7) is 0.782. The van der Waals surface area contributed by atoms with E-state index >= 15 is 0 Å². The molecule has 0 spiro atoms. The van der Waals surface area contributed by atoms with E-state index in [-0.39, 0.29) is 5.41 Å². The molecule has 0 bridgehead atoms. The van der Waals surface area contributed by atoms with Crippen LogP contribution in [0.25, 0.3) is 0 Å². The Kier molecular flexibility index (Phi) is 3.08. The average molecular weight is 205 g/mol. The molecule has 0 heterocycles. The van der Waals surface area contributed by atoms with Gasteiger partial charge in [-0.25, -0.2) is 0 Å². The van der Waals surface area contributed by atoms with Crippen LogP contribution >= 0.6 is 0 Å². The zero-order chi connectivity index (χ0) is 10.7. The Bertz CT molecular complexity index is 308. The molecule has 15 heavy (non-hydrogen) atoms. The van der Waals surface area contributed by atoms with Gasteiger partial charge in [-0.3, -0.25) is 0 Å². The number of rotatable bonds is 3. The largest absolute Gasteiger partial charge is 0.384 e. The molecule has 1 saturated carbocycles. The van der Waals surface area contributed by atoms with E-state index in [4.69, 9.17) is 10.5 Å². The second-order valence-electron chi connectivity index (χ2n) is 4.58. The fraction of sp³-hybridized carbons (Fsp3) is 0.538. The van der Waals surface area contributed by atoms with E-state index < -0.39 is 0 Å². The highest BCUT2D eigenvalue weighted by Crippen LogP contribution is 2.40. The van der Waals surface area contributed by atoms with Gasteiger partial charge in [0.05, 0.1) is 6.61 Å². The highest BCUT2D eigenvalue weighted by Gasteiger charge is 2.39. The summed E-state index contributed by atoms with van der Waals surface area (Å²) in [6.07, 6.45) is 3.30. The molecule has 1 aromatic carbocycles. The predicted octanol–water partition coefficient (Wildman–Crippen LogP) is 2.08. The molecule has 0 amide bonds. The van der Waals surface area contributed by atoms with Gasteiger partial charge in [-0.1, -0.05) is 30.3 Å². The van der Waals surface area contributed by atoms with Crippen LogP contribution in [0.2, 0.25) is 0 Å². The van der Waals surface area contributed by atoms with Gasteiger partial charge in [-0.05, 0) is 24.8 Å². The molecular weight excluding hydrogens is 186 g/mol. The van der Waals surface area contributed by atoms with Gasteiger partial charge in [0, 0.05) is 18.6 Å². The van der Waals surface area contributed by atoms with Gasteiger partial charge < -0.3 is 10.5 Å². The summed E-state index contributed by atoms with van der Waals surface area (Å²) in [5, 5.41) is 0. The van der Waals surface area contributed by atoms with Crippen LogP contribution in [-0.4, -0.2) is 19.8 Å². The fourth-order valence-corrected chi connectivity index (χ4v) is 2.71. The lowest BCUT2D eigenvalue weighted by molar-refractivity contribution is 0.131. The van der Waals surface area contributed by atoms with E-state index in [2.05, 4.69) is 30.3 Å². The minimum Gasteiger partial charge on any atom is -0.384 e. The third kappa shape index (κ3) is 2.06. The molecule has 1 aromatic rings. The first-order valence-electron chi connectivity index (χ1n) is 5.57. The average Bonchev–Trinajstić information content (AvgIpc) is 2.63. The SMILES string of the molecule is COC[C@@]1(c2ccccc2)CC[C@@H](N)C1. The Morgan fingerprint density at radius 2 is 2.13 bits per heavy atom. The predicted molar refractivity (Wildman–Crippen MR) is 61.8 cm³/mol. The maximum absolute atomic E-state index is 6.02. The van der Waals surface area contributed by atoms with E-state index in [1.165, 1.54) is 5.56 Å². The number of ether oxygens (including phenoxy) is 1. The lowest BCUT2D eigenvalue weighted by Gasteiger charge is -2.29. The third-order valence-electron chi connectivity index (χ3n) is 3.45. The van der Waals surface area contributed by atoms with Crippen molar-refractivity contribution in [3.8, 4) is 0 Å². The summed E-state index contributed by atoms with van der Waals surface area (Å²) >= 11 is 0. The van der Waals surface area contributed by atoms with Gasteiger partial charge in [0.2, 0.25) is 0 Å². The Balaban J connectivity index is 2.27. The molecule has 2 rings (SSSR count). The molecule has 0 aromatic heterocycles. The van der Waals surface area contributed by atoms with Crippen LogP contribution in [0.4, 0.5) is 0 Å². The minimum atomic E-state index is 0.162. The van der Waals surface area contributed by atoms with Crippen LogP contribution in [0.3, 0.4) is 0 Å². The van der Waals surface area contributed by atoms with Crippen molar-refractivity contribution in [2.45, 2.75) is 30.7 Å². The zero-order valence-corrected chi connectivity index (χ0v) is 9.28. The van der Waals surface area contributed by atoms with Crippen LogP contribution in [0, 0.1) is 0 Å². The van der Waals surface area contributed by atoms with Crippen molar-refractivity contribution in [2.24, 2.45) is 5.73 Å². The van der Waals surface area contributed by atoms with Gasteiger partial charge in [0.15, 0.2) is 0 Å². The highest BCUT2D eigenvalue weighted by atomic mass is 16.5. The van der Waals surface area contributed by atoms with Gasteiger partial charge in [0.1, 0.15) is 0 Å². The van der Waals surface area contributed by atoms with E-state index in [1.54, 1.807) is 7.11 Å². The Hall–Kier alpha value is -0.860. The Morgan fingerprint density at radius 3 is 2.67 bits per heavy atom. The number of hydrogen-bond donors (Lipinski definition) is 1. The molecule has 0 saturated heterocycles. The van der Waals surface area contributed by atoms with Crippen LogP contribution in [0.15, 0.2) is 30.3 Å². The second kappa shape index (κ2) is 4.33. The van der Waals surface area contributed by atoms with Crippen LogP contribution in [0.5, 0.6) is 0 Å². The van der Waals surface area contributed by atoms with Crippen LogP contribution in [0.1, 0.15) is 24.8 Å². The van der Waals surface area contributed by atoms with Gasteiger partial charge >= 0.3 is 0 Å². The fourth-order valence-electron chi connectivity index (χ4n) is 2.71. The zero-order valence-electron chi connectivity index (χ0n) is 9.28. The van der Waals surface area contributed by atoms with Crippen molar-refractivity contribution in [2.75, 3.05) is 13.7 Å². The standard InChI is InChI=1S/C13H19NO/c1-15-10-13(8-7-12(14)9-13)11-5-3-2-4-6-11/h2-6,12H,7-10,14H2,1H3/t12-,13-/m1/s1. The van der Waals surface area contributed by atoms with E-state index in [0.717, 1.165) is 25.9 Å². The molecule has 0 aliphatic heterocycles. The first kappa shape index (κ1) is 10.7. The first-order valence-corrected chi connectivity index (χ1v) is 5.57. The Labute approximate surface area is 91.4 Å². The molecule has 2 heteroatoms. The van der Waals surface area contributed by atoms with Crippen LogP contribution < -0.4 is 5.73 Å². The maximum atomic E-state index is 6.02. The monoisotopic (exact) mass is 205 g/mol. The lowest BCUT2D eigenvalue weighted by Crippen LogP contribution is -2.30. The third-order valence-corrected chi connectivity index (χ3v) is 3.45. The molecule has 2 nitrogen and oxygen atoms in total. The summed E-state index contributed by atoms with van der Waals surface area (Å²) in [5.41, 5.74) is 7.56. The molecule has 2 atom stereocenters. The normalized spacial score (nSPS) is 30.7. The van der Waals surface area contributed by atoms with Crippen molar-refractivity contribution in [3.63, 3.8) is 0 Å². The first-order chi connectivity index (χ1) is 7.27. The quantitative estimate of drug-likeness (QED) is 0.820. The van der Waals surface area contributed by atoms with Crippen LogP contribution in [-0.2, 0) is 10.2 Å². The summed E-state index contributed by atoms with van der Waals surface area (Å²) in [6, 6.07) is 11.0. The highest BCUT2D eigenvalue weighted by molar-refractivity contribution is 5.27. The van der Waals surface area contributed by atoms with Crippen molar-refractivity contribution in [3.05, 3.63) is 35.9 Å².